The smallest absolute Gasteiger partial charge is 0.311 e. The number of likely N-dealkylation sites (tertiary alicyclic amines) is 1. The lowest BCUT2D eigenvalue weighted by atomic mass is 9.81. The van der Waals surface area contributed by atoms with Crippen LogP contribution >= 0.6 is 0 Å². The summed E-state index contributed by atoms with van der Waals surface area (Å²) in [5.74, 6) is -1.02. The fraction of sp³-hybridized carbons (Fsp3) is 0.556. The van der Waals surface area contributed by atoms with Crippen molar-refractivity contribution in [2.24, 2.45) is 11.3 Å². The van der Waals surface area contributed by atoms with Gasteiger partial charge < -0.3 is 10.4 Å². The van der Waals surface area contributed by atoms with Crippen LogP contribution in [0.2, 0.25) is 0 Å². The van der Waals surface area contributed by atoms with Crippen molar-refractivity contribution in [2.45, 2.75) is 32.7 Å². The highest BCUT2D eigenvalue weighted by molar-refractivity contribution is 5.79. The molecule has 3 rings (SSSR count). The maximum absolute atomic E-state index is 13.5. The van der Waals surface area contributed by atoms with E-state index in [1.54, 1.807) is 19.1 Å². The van der Waals surface area contributed by atoms with E-state index in [-0.39, 0.29) is 30.7 Å². The van der Waals surface area contributed by atoms with E-state index in [2.05, 4.69) is 5.32 Å². The largest absolute Gasteiger partial charge is 0.481 e. The molecule has 0 radical (unpaired) electrons. The third kappa shape index (κ3) is 3.15. The van der Waals surface area contributed by atoms with E-state index < -0.39 is 11.4 Å². The van der Waals surface area contributed by atoms with E-state index in [4.69, 9.17) is 0 Å². The highest BCUT2D eigenvalue weighted by Crippen LogP contribution is 2.48. The molecule has 1 saturated carbocycles. The second-order valence-corrected chi connectivity index (χ2v) is 7.08. The van der Waals surface area contributed by atoms with Crippen molar-refractivity contribution < 1.29 is 19.1 Å². The number of rotatable bonds is 5. The summed E-state index contributed by atoms with van der Waals surface area (Å²) in [6.45, 7) is 3.27. The molecule has 0 unspecified atom stereocenters. The van der Waals surface area contributed by atoms with Gasteiger partial charge in [0.1, 0.15) is 5.82 Å². The van der Waals surface area contributed by atoms with Gasteiger partial charge in [-0.05, 0) is 42.9 Å². The van der Waals surface area contributed by atoms with Gasteiger partial charge in [-0.1, -0.05) is 18.6 Å². The van der Waals surface area contributed by atoms with Gasteiger partial charge in [0, 0.05) is 19.6 Å². The Hall–Kier alpha value is -1.95. The lowest BCUT2D eigenvalue weighted by Crippen LogP contribution is -2.39. The van der Waals surface area contributed by atoms with Crippen LogP contribution in [0.5, 0.6) is 0 Å². The predicted molar refractivity (Wildman–Crippen MR) is 86.8 cm³/mol. The number of carboxylic acids is 1. The monoisotopic (exact) mass is 334 g/mol. The summed E-state index contributed by atoms with van der Waals surface area (Å²) in [4.78, 5) is 25.7. The van der Waals surface area contributed by atoms with Crippen LogP contribution in [0.1, 0.15) is 30.4 Å². The maximum Gasteiger partial charge on any atom is 0.311 e. The van der Waals surface area contributed by atoms with Crippen LogP contribution in [0, 0.1) is 24.1 Å². The number of hydrogen-bond acceptors (Lipinski definition) is 3. The minimum absolute atomic E-state index is 0.147. The SMILES string of the molecule is Cc1ccc(CNC(=O)CN2C[C@@H]3CCC[C@@]3(C(=O)O)C2)cc1F. The fourth-order valence-corrected chi connectivity index (χ4v) is 4.07. The van der Waals surface area contributed by atoms with Crippen LogP contribution in [0.25, 0.3) is 0 Å². The molecule has 1 heterocycles. The molecule has 2 aliphatic rings. The topological polar surface area (TPSA) is 69.6 Å². The Morgan fingerprint density at radius 1 is 1.46 bits per heavy atom. The zero-order valence-corrected chi connectivity index (χ0v) is 13.8. The van der Waals surface area contributed by atoms with E-state index >= 15 is 0 Å². The van der Waals surface area contributed by atoms with Crippen molar-refractivity contribution in [1.29, 1.82) is 0 Å². The van der Waals surface area contributed by atoms with Crippen LogP contribution in [0.3, 0.4) is 0 Å². The van der Waals surface area contributed by atoms with Crippen LogP contribution in [0.4, 0.5) is 4.39 Å². The summed E-state index contributed by atoms with van der Waals surface area (Å²) in [5.41, 5.74) is 0.625. The number of amides is 1. The molecule has 24 heavy (non-hydrogen) atoms. The molecular weight excluding hydrogens is 311 g/mol. The normalized spacial score (nSPS) is 26.3. The highest BCUT2D eigenvalue weighted by atomic mass is 19.1. The zero-order chi connectivity index (χ0) is 17.3. The molecule has 130 valence electrons. The number of aliphatic carboxylic acids is 1. The van der Waals surface area contributed by atoms with Crippen LogP contribution < -0.4 is 5.32 Å². The summed E-state index contributed by atoms with van der Waals surface area (Å²) in [6, 6.07) is 4.91. The Bertz CT molecular complexity index is 664. The molecule has 1 aliphatic carbocycles. The number of nitrogens with one attached hydrogen (secondary N) is 1. The molecule has 1 aliphatic heterocycles. The van der Waals surface area contributed by atoms with E-state index in [0.29, 0.717) is 30.6 Å². The molecule has 1 aromatic rings. The van der Waals surface area contributed by atoms with E-state index in [1.165, 1.54) is 6.07 Å². The Morgan fingerprint density at radius 2 is 2.25 bits per heavy atom. The number of hydrogen-bond donors (Lipinski definition) is 2. The number of nitrogens with zero attached hydrogens (tertiary/aromatic N) is 1. The number of aryl methyl sites for hydroxylation is 1. The van der Waals surface area contributed by atoms with Crippen molar-refractivity contribution in [3.63, 3.8) is 0 Å². The van der Waals surface area contributed by atoms with Gasteiger partial charge in [0.05, 0.1) is 12.0 Å². The average molecular weight is 334 g/mol. The van der Waals surface area contributed by atoms with Crippen molar-refractivity contribution in [3.8, 4) is 0 Å². The van der Waals surface area contributed by atoms with Crippen molar-refractivity contribution in [3.05, 3.63) is 35.1 Å². The molecule has 0 aromatic heterocycles. The minimum atomic E-state index is -0.733. The van der Waals surface area contributed by atoms with Crippen molar-refractivity contribution in [2.75, 3.05) is 19.6 Å². The molecule has 1 aromatic carbocycles. The first kappa shape index (κ1) is 16.9. The van der Waals surface area contributed by atoms with Crippen LogP contribution in [-0.4, -0.2) is 41.5 Å². The summed E-state index contributed by atoms with van der Waals surface area (Å²) in [5, 5.41) is 12.3. The summed E-state index contributed by atoms with van der Waals surface area (Å²) >= 11 is 0. The number of carboxylic acid groups (broad SMARTS) is 1. The third-order valence-electron chi connectivity index (χ3n) is 5.46. The second kappa shape index (κ2) is 6.51. The van der Waals surface area contributed by atoms with Crippen LogP contribution in [0.15, 0.2) is 18.2 Å². The van der Waals surface area contributed by atoms with Crippen LogP contribution in [-0.2, 0) is 16.1 Å². The predicted octanol–water partition coefficient (Wildman–Crippen LogP) is 1.94. The van der Waals surface area contributed by atoms with Gasteiger partial charge in [0.25, 0.3) is 0 Å². The molecule has 0 bridgehead atoms. The lowest BCUT2D eigenvalue weighted by Gasteiger charge is -2.23. The Kier molecular flexibility index (Phi) is 4.58. The van der Waals surface area contributed by atoms with Gasteiger partial charge in [-0.3, -0.25) is 14.5 Å². The molecule has 1 amide bonds. The van der Waals surface area contributed by atoms with E-state index in [9.17, 15) is 19.1 Å². The quantitative estimate of drug-likeness (QED) is 0.863. The first-order valence-corrected chi connectivity index (χ1v) is 8.38. The standard InChI is InChI=1S/C18H23FN2O3/c1-12-4-5-13(7-15(12)19)8-20-16(22)10-21-9-14-3-2-6-18(14,11-21)17(23)24/h4-5,7,14H,2-3,6,8-11H2,1H3,(H,20,22)(H,23,24)/t14-,18+/m0/s1. The Morgan fingerprint density at radius 3 is 2.92 bits per heavy atom. The molecular formula is C18H23FN2O3. The summed E-state index contributed by atoms with van der Waals surface area (Å²) in [7, 11) is 0. The number of fused-ring (bicyclic) bond motifs is 1. The number of halogens is 1. The lowest BCUT2D eigenvalue weighted by molar-refractivity contribution is -0.149. The molecule has 2 N–H and O–H groups in total. The third-order valence-corrected chi connectivity index (χ3v) is 5.46. The Balaban J connectivity index is 1.52. The molecule has 2 fully saturated rings. The molecule has 6 heteroatoms. The number of carbonyl (C=O) groups is 2. The van der Waals surface area contributed by atoms with Crippen molar-refractivity contribution >= 4 is 11.9 Å². The summed E-state index contributed by atoms with van der Waals surface area (Å²) in [6.07, 6.45) is 2.58. The second-order valence-electron chi connectivity index (χ2n) is 7.08. The first-order valence-electron chi connectivity index (χ1n) is 8.38. The molecule has 0 spiro atoms. The van der Waals surface area contributed by atoms with Crippen molar-refractivity contribution in [1.82, 2.24) is 10.2 Å². The minimum Gasteiger partial charge on any atom is -0.481 e. The van der Waals surface area contributed by atoms with E-state index in [0.717, 1.165) is 12.8 Å². The van der Waals surface area contributed by atoms with E-state index in [1.807, 2.05) is 4.90 Å². The molecule has 2 atom stereocenters. The highest BCUT2D eigenvalue weighted by Gasteiger charge is 2.54. The van der Waals surface area contributed by atoms with Gasteiger partial charge in [-0.2, -0.15) is 0 Å². The number of benzene rings is 1. The van der Waals surface area contributed by atoms with Gasteiger partial charge >= 0.3 is 5.97 Å². The van der Waals surface area contributed by atoms with Gasteiger partial charge in [0.15, 0.2) is 0 Å². The zero-order valence-electron chi connectivity index (χ0n) is 13.8. The van der Waals surface area contributed by atoms with Gasteiger partial charge in [-0.15, -0.1) is 0 Å². The molecule has 5 nitrogen and oxygen atoms in total. The average Bonchev–Trinajstić information content (AvgIpc) is 3.06. The fourth-order valence-electron chi connectivity index (χ4n) is 4.07. The number of carbonyl (C=O) groups excluding carboxylic acids is 1. The summed E-state index contributed by atoms with van der Waals surface area (Å²) < 4.78 is 13.5. The maximum atomic E-state index is 13.5. The molecule has 1 saturated heterocycles. The van der Waals surface area contributed by atoms with Gasteiger partial charge in [0.2, 0.25) is 5.91 Å². The first-order chi connectivity index (χ1) is 11.4. The van der Waals surface area contributed by atoms with Gasteiger partial charge in [-0.25, -0.2) is 4.39 Å². The Labute approximate surface area is 140 Å².